The molecule has 0 bridgehead atoms. The summed E-state index contributed by atoms with van der Waals surface area (Å²) in [5.41, 5.74) is 6.36. The van der Waals surface area contributed by atoms with E-state index in [0.717, 1.165) is 84.7 Å². The average Bonchev–Trinajstić information content (AvgIpc) is 3.70. The number of unbranched alkanes of at least 4 members (excludes halogenated alkanes) is 1. The molecule has 1 aliphatic heterocycles. The topological polar surface area (TPSA) is 111 Å². The van der Waals surface area contributed by atoms with E-state index in [0.29, 0.717) is 31.1 Å². The molecule has 10 heteroatoms. The molecule has 1 fully saturated rings. The number of morpholine rings is 1. The van der Waals surface area contributed by atoms with Gasteiger partial charge in [0.05, 0.1) is 29.8 Å². The number of rotatable bonds is 11. The van der Waals surface area contributed by atoms with Crippen LogP contribution in [0.15, 0.2) is 66.7 Å². The third-order valence-corrected chi connectivity index (χ3v) is 7.70. The molecule has 0 unspecified atom stereocenters. The van der Waals surface area contributed by atoms with Crippen molar-refractivity contribution >= 4 is 17.0 Å². The number of nitrogens with one attached hydrogen (secondary N) is 1. The summed E-state index contributed by atoms with van der Waals surface area (Å²) >= 11 is 0. The molecular formula is C32H35N7O3. The number of para-hydroxylation sites is 1. The number of carbonyl (C=O) groups excluding carboxylic acids is 1. The number of hydrogen-bond acceptors (Lipinski definition) is 8. The van der Waals surface area contributed by atoms with Crippen molar-refractivity contribution in [2.75, 3.05) is 39.5 Å². The van der Waals surface area contributed by atoms with Gasteiger partial charge in [-0.3, -0.25) is 4.90 Å². The zero-order valence-electron chi connectivity index (χ0n) is 23.8. The Kier molecular flexibility index (Phi) is 8.62. The van der Waals surface area contributed by atoms with Crippen LogP contribution >= 0.6 is 0 Å². The van der Waals surface area contributed by atoms with Crippen LogP contribution in [0.3, 0.4) is 0 Å². The van der Waals surface area contributed by atoms with Gasteiger partial charge in [-0.15, -0.1) is 5.10 Å². The molecule has 6 rings (SSSR count). The molecular weight excluding hydrogens is 530 g/mol. The Balaban J connectivity index is 1.27. The van der Waals surface area contributed by atoms with Gasteiger partial charge in [-0.05, 0) is 45.7 Å². The fourth-order valence-electron chi connectivity index (χ4n) is 5.45. The number of benzene rings is 3. The summed E-state index contributed by atoms with van der Waals surface area (Å²) in [6.45, 7) is 6.99. The lowest BCUT2D eigenvalue weighted by molar-refractivity contribution is 0.0196. The van der Waals surface area contributed by atoms with Crippen LogP contribution in [0.2, 0.25) is 0 Å². The van der Waals surface area contributed by atoms with Crippen molar-refractivity contribution in [1.82, 2.24) is 35.1 Å². The molecule has 0 atom stereocenters. The highest BCUT2D eigenvalue weighted by molar-refractivity contribution is 6.02. The number of nitrogens with zero attached hydrogens (tertiary/aromatic N) is 6. The molecule has 0 radical (unpaired) electrons. The summed E-state index contributed by atoms with van der Waals surface area (Å²) in [4.78, 5) is 20.6. The van der Waals surface area contributed by atoms with Gasteiger partial charge in [-0.1, -0.05) is 67.9 Å². The zero-order chi connectivity index (χ0) is 28.7. The van der Waals surface area contributed by atoms with Crippen LogP contribution in [0.5, 0.6) is 0 Å². The lowest BCUT2D eigenvalue weighted by Crippen LogP contribution is -2.38. The monoisotopic (exact) mass is 565 g/mol. The molecule has 0 amide bonds. The molecule has 10 nitrogen and oxygen atoms in total. The Hall–Kier alpha value is -4.41. The zero-order valence-corrected chi connectivity index (χ0v) is 23.8. The van der Waals surface area contributed by atoms with Gasteiger partial charge in [0.2, 0.25) is 0 Å². The minimum absolute atomic E-state index is 0.314. The summed E-state index contributed by atoms with van der Waals surface area (Å²) in [6, 6.07) is 22.3. The van der Waals surface area contributed by atoms with Gasteiger partial charge in [0, 0.05) is 38.2 Å². The molecule has 0 spiro atoms. The second-order valence-electron chi connectivity index (χ2n) is 10.5. The predicted molar refractivity (Wildman–Crippen MR) is 160 cm³/mol. The molecule has 1 N–H and O–H groups in total. The number of fused-ring (bicyclic) bond motifs is 1. The third kappa shape index (κ3) is 6.09. The first kappa shape index (κ1) is 27.7. The standard InChI is InChI=1S/C32H35N7O3/c1-2-3-11-29-33-28-10-6-9-27(32(40)42-21-18-38-16-19-41-20-17-38)30(28)39(29)22-23-12-14-24(15-13-23)25-7-4-5-8-26(25)31-34-36-37-35-31/h4-10,12-15H,2-3,11,16-22H2,1H3,(H,34,35,36,37). The predicted octanol–water partition coefficient (Wildman–Crippen LogP) is 4.76. The van der Waals surface area contributed by atoms with E-state index in [2.05, 4.69) is 67.3 Å². The molecule has 216 valence electrons. The number of carbonyl (C=O) groups is 1. The first-order chi connectivity index (χ1) is 20.7. The van der Waals surface area contributed by atoms with Crippen molar-refractivity contribution in [2.24, 2.45) is 0 Å². The summed E-state index contributed by atoms with van der Waals surface area (Å²) in [5.74, 6) is 1.29. The van der Waals surface area contributed by atoms with Gasteiger partial charge in [-0.2, -0.15) is 0 Å². The SMILES string of the molecule is CCCCc1nc2cccc(C(=O)OCCN3CCOCC3)c2n1Cc1ccc(-c2ccccc2-c2nnn[nH]2)cc1. The highest BCUT2D eigenvalue weighted by Gasteiger charge is 2.20. The van der Waals surface area contributed by atoms with E-state index in [1.165, 1.54) is 0 Å². The first-order valence-corrected chi connectivity index (χ1v) is 14.6. The Bertz CT molecular complexity index is 1620. The Labute approximate surface area is 244 Å². The van der Waals surface area contributed by atoms with Gasteiger partial charge in [0.25, 0.3) is 0 Å². The lowest BCUT2D eigenvalue weighted by atomic mass is 9.98. The largest absolute Gasteiger partial charge is 0.461 e. The number of esters is 1. The highest BCUT2D eigenvalue weighted by atomic mass is 16.5. The number of aromatic nitrogens is 6. The molecule has 0 aliphatic carbocycles. The minimum Gasteiger partial charge on any atom is -0.461 e. The maximum atomic E-state index is 13.3. The molecule has 1 saturated heterocycles. The highest BCUT2D eigenvalue weighted by Crippen LogP contribution is 2.30. The molecule has 1 aliphatic rings. The number of imidazole rings is 1. The molecule has 42 heavy (non-hydrogen) atoms. The number of hydrogen-bond donors (Lipinski definition) is 1. The van der Waals surface area contributed by atoms with Gasteiger partial charge < -0.3 is 14.0 Å². The van der Waals surface area contributed by atoms with Gasteiger partial charge in [-0.25, -0.2) is 14.9 Å². The minimum atomic E-state index is -0.314. The van der Waals surface area contributed by atoms with Crippen LogP contribution in [-0.2, 0) is 22.4 Å². The van der Waals surface area contributed by atoms with E-state index in [1.54, 1.807) is 0 Å². The summed E-state index contributed by atoms with van der Waals surface area (Å²) in [6.07, 6.45) is 2.93. The molecule has 0 saturated carbocycles. The maximum absolute atomic E-state index is 13.3. The van der Waals surface area contributed by atoms with Crippen molar-refractivity contribution in [3.63, 3.8) is 0 Å². The summed E-state index contributed by atoms with van der Waals surface area (Å²) < 4.78 is 13.4. The maximum Gasteiger partial charge on any atom is 0.340 e. The molecule has 3 heterocycles. The van der Waals surface area contributed by atoms with E-state index in [9.17, 15) is 4.79 Å². The smallest absolute Gasteiger partial charge is 0.340 e. The second-order valence-corrected chi connectivity index (χ2v) is 10.5. The Morgan fingerprint density at radius 2 is 1.81 bits per heavy atom. The number of aryl methyl sites for hydroxylation is 1. The number of H-pyrrole nitrogens is 1. The summed E-state index contributed by atoms with van der Waals surface area (Å²) in [5, 5.41) is 14.4. The van der Waals surface area contributed by atoms with Crippen molar-refractivity contribution in [2.45, 2.75) is 32.7 Å². The first-order valence-electron chi connectivity index (χ1n) is 14.6. The number of ether oxygens (including phenoxy) is 2. The second kappa shape index (κ2) is 13.1. The van der Waals surface area contributed by atoms with Crippen LogP contribution < -0.4 is 0 Å². The Morgan fingerprint density at radius 3 is 2.57 bits per heavy atom. The molecule has 3 aromatic carbocycles. The quantitative estimate of drug-likeness (QED) is 0.228. The molecule has 2 aromatic heterocycles. The third-order valence-electron chi connectivity index (χ3n) is 7.70. The van der Waals surface area contributed by atoms with E-state index >= 15 is 0 Å². The Morgan fingerprint density at radius 1 is 1.00 bits per heavy atom. The summed E-state index contributed by atoms with van der Waals surface area (Å²) in [7, 11) is 0. The van der Waals surface area contributed by atoms with E-state index in [4.69, 9.17) is 14.5 Å². The average molecular weight is 566 g/mol. The fourth-order valence-corrected chi connectivity index (χ4v) is 5.45. The van der Waals surface area contributed by atoms with Crippen LogP contribution in [-0.4, -0.2) is 80.5 Å². The van der Waals surface area contributed by atoms with Crippen molar-refractivity contribution in [1.29, 1.82) is 0 Å². The van der Waals surface area contributed by atoms with Gasteiger partial charge in [0.15, 0.2) is 5.82 Å². The van der Waals surface area contributed by atoms with E-state index < -0.39 is 0 Å². The number of tetrazole rings is 1. The van der Waals surface area contributed by atoms with Crippen molar-refractivity contribution in [3.8, 4) is 22.5 Å². The van der Waals surface area contributed by atoms with Crippen molar-refractivity contribution < 1.29 is 14.3 Å². The van der Waals surface area contributed by atoms with Crippen molar-refractivity contribution in [3.05, 3.63) is 83.7 Å². The van der Waals surface area contributed by atoms with Gasteiger partial charge >= 0.3 is 5.97 Å². The van der Waals surface area contributed by atoms with Crippen LogP contribution in [0.1, 0.15) is 41.5 Å². The van der Waals surface area contributed by atoms with Crippen LogP contribution in [0.4, 0.5) is 0 Å². The van der Waals surface area contributed by atoms with Crippen LogP contribution in [0, 0.1) is 0 Å². The van der Waals surface area contributed by atoms with Gasteiger partial charge in [0.1, 0.15) is 12.4 Å². The lowest BCUT2D eigenvalue weighted by Gasteiger charge is -2.26. The van der Waals surface area contributed by atoms with E-state index in [-0.39, 0.29) is 5.97 Å². The van der Waals surface area contributed by atoms with Crippen LogP contribution in [0.25, 0.3) is 33.5 Å². The number of aromatic amines is 1. The molecule has 5 aromatic rings. The van der Waals surface area contributed by atoms with E-state index in [1.807, 2.05) is 36.4 Å². The normalized spacial score (nSPS) is 13.9. The fraction of sp³-hybridized carbons (Fsp3) is 0.344.